The van der Waals surface area contributed by atoms with Crippen molar-refractivity contribution in [1.29, 1.82) is 0 Å². The molecule has 2 N–H and O–H groups in total. The Morgan fingerprint density at radius 1 is 0.909 bits per heavy atom. The molecule has 0 saturated carbocycles. The van der Waals surface area contributed by atoms with Gasteiger partial charge in [-0.25, -0.2) is 0 Å². The number of anilines is 1. The fourth-order valence-corrected chi connectivity index (χ4v) is 2.56. The maximum atomic E-state index is 10.7. The van der Waals surface area contributed by atoms with Crippen LogP contribution in [0.4, 0.5) is 5.69 Å². The molecule has 0 fully saturated rings. The van der Waals surface area contributed by atoms with Crippen molar-refractivity contribution in [3.63, 3.8) is 0 Å². The Kier molecular flexibility index (Phi) is 4.05. The number of carboxylic acids is 1. The van der Waals surface area contributed by atoms with Crippen molar-refractivity contribution < 1.29 is 9.90 Å². The summed E-state index contributed by atoms with van der Waals surface area (Å²) in [7, 11) is 0. The first-order chi connectivity index (χ1) is 10.7. The molecule has 0 aliphatic heterocycles. The number of carboxylic acid groups (broad SMARTS) is 1. The molecular weight excluding hydrogens is 274 g/mol. The summed E-state index contributed by atoms with van der Waals surface area (Å²) < 4.78 is 0. The van der Waals surface area contributed by atoms with E-state index in [0.717, 1.165) is 17.8 Å². The zero-order valence-corrected chi connectivity index (χ0v) is 12.1. The summed E-state index contributed by atoms with van der Waals surface area (Å²) in [5, 5.41) is 14.6. The molecule has 0 aliphatic rings. The summed E-state index contributed by atoms with van der Waals surface area (Å²) >= 11 is 0. The van der Waals surface area contributed by atoms with E-state index < -0.39 is 5.97 Å². The van der Waals surface area contributed by atoms with Crippen LogP contribution in [-0.4, -0.2) is 11.1 Å². The summed E-state index contributed by atoms with van der Waals surface area (Å²) in [6, 6.07) is 22.2. The molecule has 3 heteroatoms. The average molecular weight is 291 g/mol. The van der Waals surface area contributed by atoms with Crippen molar-refractivity contribution in [2.45, 2.75) is 13.0 Å². The van der Waals surface area contributed by atoms with Crippen LogP contribution >= 0.6 is 0 Å². The highest BCUT2D eigenvalue weighted by atomic mass is 16.4. The van der Waals surface area contributed by atoms with E-state index in [-0.39, 0.29) is 6.42 Å². The molecule has 0 spiro atoms. The number of rotatable bonds is 5. The summed E-state index contributed by atoms with van der Waals surface area (Å²) in [6.07, 6.45) is 0.0591. The maximum absolute atomic E-state index is 10.7. The van der Waals surface area contributed by atoms with E-state index in [0.29, 0.717) is 0 Å². The van der Waals surface area contributed by atoms with Crippen molar-refractivity contribution in [1.82, 2.24) is 0 Å². The van der Waals surface area contributed by atoms with Gasteiger partial charge in [0.2, 0.25) is 0 Å². The normalized spacial score (nSPS) is 10.5. The Bertz CT molecular complexity index is 789. The zero-order valence-electron chi connectivity index (χ0n) is 12.1. The van der Waals surface area contributed by atoms with E-state index in [4.69, 9.17) is 5.11 Å². The van der Waals surface area contributed by atoms with Crippen LogP contribution in [0.15, 0.2) is 66.7 Å². The van der Waals surface area contributed by atoms with Gasteiger partial charge in [0.1, 0.15) is 0 Å². The van der Waals surface area contributed by atoms with Crippen LogP contribution in [-0.2, 0) is 17.8 Å². The van der Waals surface area contributed by atoms with Crippen LogP contribution in [0.25, 0.3) is 10.8 Å². The van der Waals surface area contributed by atoms with Crippen LogP contribution in [0.1, 0.15) is 11.1 Å². The Hall–Kier alpha value is -2.81. The number of nitrogens with one attached hydrogen (secondary N) is 1. The Morgan fingerprint density at radius 3 is 2.41 bits per heavy atom. The highest BCUT2D eigenvalue weighted by molar-refractivity contribution is 5.85. The first-order valence-corrected chi connectivity index (χ1v) is 7.23. The number of carbonyl (C=O) groups is 1. The molecule has 110 valence electrons. The third-order valence-electron chi connectivity index (χ3n) is 3.67. The molecule has 0 aromatic heterocycles. The molecule has 0 heterocycles. The fourth-order valence-electron chi connectivity index (χ4n) is 2.56. The van der Waals surface area contributed by atoms with E-state index in [1.54, 1.807) is 0 Å². The van der Waals surface area contributed by atoms with Gasteiger partial charge in [-0.15, -0.1) is 0 Å². The highest BCUT2D eigenvalue weighted by Gasteiger charge is 2.02. The molecular formula is C19H17NO2. The van der Waals surface area contributed by atoms with Gasteiger partial charge in [-0.05, 0) is 34.0 Å². The molecule has 3 aromatic carbocycles. The fraction of sp³-hybridized carbons (Fsp3) is 0.105. The van der Waals surface area contributed by atoms with Gasteiger partial charge in [0.05, 0.1) is 6.42 Å². The second-order valence-corrected chi connectivity index (χ2v) is 5.26. The van der Waals surface area contributed by atoms with Crippen LogP contribution < -0.4 is 5.32 Å². The lowest BCUT2D eigenvalue weighted by atomic mass is 10.0. The van der Waals surface area contributed by atoms with Gasteiger partial charge >= 0.3 is 5.97 Å². The van der Waals surface area contributed by atoms with Crippen molar-refractivity contribution in [2.75, 3.05) is 5.32 Å². The summed E-state index contributed by atoms with van der Waals surface area (Å²) in [5.41, 5.74) is 3.04. The van der Waals surface area contributed by atoms with Gasteiger partial charge in [-0.2, -0.15) is 0 Å². The van der Waals surface area contributed by atoms with Crippen LogP contribution in [0.3, 0.4) is 0 Å². The number of aliphatic carboxylic acids is 1. The molecule has 3 aromatic rings. The predicted molar refractivity (Wildman–Crippen MR) is 89.1 cm³/mol. The summed E-state index contributed by atoms with van der Waals surface area (Å²) in [5.74, 6) is -0.809. The van der Waals surface area contributed by atoms with Gasteiger partial charge in [0.15, 0.2) is 0 Å². The van der Waals surface area contributed by atoms with Crippen LogP contribution in [0.5, 0.6) is 0 Å². The number of fused-ring (bicyclic) bond motifs is 1. The molecule has 0 unspecified atom stereocenters. The monoisotopic (exact) mass is 291 g/mol. The minimum atomic E-state index is -0.809. The SMILES string of the molecule is O=C(O)Cc1ccc(NCc2cccc3ccccc23)cc1. The van der Waals surface area contributed by atoms with E-state index in [1.807, 2.05) is 36.4 Å². The molecule has 0 aliphatic carbocycles. The second-order valence-electron chi connectivity index (χ2n) is 5.26. The smallest absolute Gasteiger partial charge is 0.307 e. The Labute approximate surface area is 129 Å². The highest BCUT2D eigenvalue weighted by Crippen LogP contribution is 2.20. The third-order valence-corrected chi connectivity index (χ3v) is 3.67. The van der Waals surface area contributed by atoms with Gasteiger partial charge in [-0.1, -0.05) is 54.6 Å². The molecule has 3 nitrogen and oxygen atoms in total. The van der Waals surface area contributed by atoms with Crippen LogP contribution in [0.2, 0.25) is 0 Å². The minimum absolute atomic E-state index is 0.0591. The number of hydrogen-bond donors (Lipinski definition) is 2. The zero-order chi connectivity index (χ0) is 15.4. The lowest BCUT2D eigenvalue weighted by Gasteiger charge is -2.10. The van der Waals surface area contributed by atoms with E-state index in [1.165, 1.54) is 16.3 Å². The van der Waals surface area contributed by atoms with Crippen molar-refractivity contribution in [2.24, 2.45) is 0 Å². The lowest BCUT2D eigenvalue weighted by molar-refractivity contribution is -0.136. The Morgan fingerprint density at radius 2 is 1.64 bits per heavy atom. The topological polar surface area (TPSA) is 49.3 Å². The van der Waals surface area contributed by atoms with Gasteiger partial charge < -0.3 is 10.4 Å². The molecule has 3 rings (SSSR count). The molecule has 0 atom stereocenters. The first kappa shape index (κ1) is 14.1. The van der Waals surface area contributed by atoms with Crippen LogP contribution in [0, 0.1) is 0 Å². The van der Waals surface area contributed by atoms with Crippen molar-refractivity contribution in [3.05, 3.63) is 77.9 Å². The first-order valence-electron chi connectivity index (χ1n) is 7.23. The van der Waals surface area contributed by atoms with E-state index in [2.05, 4.69) is 35.6 Å². The van der Waals surface area contributed by atoms with Crippen molar-refractivity contribution >= 4 is 22.4 Å². The quantitative estimate of drug-likeness (QED) is 0.744. The predicted octanol–water partition coefficient (Wildman–Crippen LogP) is 4.08. The second kappa shape index (κ2) is 6.31. The van der Waals surface area contributed by atoms with Gasteiger partial charge in [0.25, 0.3) is 0 Å². The largest absolute Gasteiger partial charge is 0.481 e. The molecule has 22 heavy (non-hydrogen) atoms. The van der Waals surface area contributed by atoms with Gasteiger partial charge in [-0.3, -0.25) is 4.79 Å². The molecule has 0 amide bonds. The Balaban J connectivity index is 1.72. The molecule has 0 bridgehead atoms. The maximum Gasteiger partial charge on any atom is 0.307 e. The average Bonchev–Trinajstić information content (AvgIpc) is 2.54. The van der Waals surface area contributed by atoms with Crippen molar-refractivity contribution in [3.8, 4) is 0 Å². The molecule has 0 radical (unpaired) electrons. The summed E-state index contributed by atoms with van der Waals surface area (Å²) in [4.78, 5) is 10.7. The standard InChI is InChI=1S/C19H17NO2/c21-19(22)12-14-8-10-17(11-9-14)20-13-16-6-3-5-15-4-1-2-7-18(15)16/h1-11,20H,12-13H2,(H,21,22). The lowest BCUT2D eigenvalue weighted by Crippen LogP contribution is -2.02. The molecule has 0 saturated heterocycles. The summed E-state index contributed by atoms with van der Waals surface area (Å²) in [6.45, 7) is 0.736. The minimum Gasteiger partial charge on any atom is -0.481 e. The number of benzene rings is 3. The third kappa shape index (κ3) is 3.26. The van der Waals surface area contributed by atoms with E-state index >= 15 is 0 Å². The number of hydrogen-bond acceptors (Lipinski definition) is 2. The van der Waals surface area contributed by atoms with E-state index in [9.17, 15) is 4.79 Å². The van der Waals surface area contributed by atoms with Gasteiger partial charge in [0, 0.05) is 12.2 Å².